The summed E-state index contributed by atoms with van der Waals surface area (Å²) in [6, 6.07) is 7.57. The van der Waals surface area contributed by atoms with E-state index < -0.39 is 44.1 Å². The molecule has 2 aliphatic carbocycles. The minimum Gasteiger partial charge on any atom is -0.433 e. The smallest absolute Gasteiger partial charge is 0.219 e. The van der Waals surface area contributed by atoms with Crippen molar-refractivity contribution < 1.29 is 31.1 Å². The Morgan fingerprint density at radius 2 is 1.83 bits per heavy atom. The summed E-state index contributed by atoms with van der Waals surface area (Å²) in [5, 5.41) is 3.84. The fourth-order valence-electron chi connectivity index (χ4n) is 4.82. The van der Waals surface area contributed by atoms with Crippen molar-refractivity contribution in [2.24, 2.45) is 0 Å². The van der Waals surface area contributed by atoms with E-state index in [1.165, 1.54) is 41.3 Å². The zero-order chi connectivity index (χ0) is 29.1. The number of benzene rings is 2. The third-order valence-corrected chi connectivity index (χ3v) is 9.36. The van der Waals surface area contributed by atoms with Gasteiger partial charge in [-0.3, -0.25) is 4.79 Å². The molecule has 2 N–H and O–H groups in total. The molecular weight excluding hydrogens is 557 g/mol. The molecule has 8 nitrogen and oxygen atoms in total. The number of ether oxygens (including phenoxy) is 1. The number of sulfone groups is 1. The third-order valence-electron chi connectivity index (χ3n) is 7.16. The van der Waals surface area contributed by atoms with Crippen LogP contribution < -0.4 is 10.5 Å². The molecule has 12 heteroatoms. The van der Waals surface area contributed by atoms with Gasteiger partial charge in [-0.05, 0) is 60.7 Å². The van der Waals surface area contributed by atoms with Crippen LogP contribution in [0.2, 0.25) is 0 Å². The zero-order valence-corrected chi connectivity index (χ0v) is 22.5. The van der Waals surface area contributed by atoms with Crippen LogP contribution in [0.5, 0.6) is 11.6 Å². The summed E-state index contributed by atoms with van der Waals surface area (Å²) < 4.78 is 74.0. The quantitative estimate of drug-likeness (QED) is 0.282. The average molecular weight is 581 g/mol. The second-order valence-corrected chi connectivity index (χ2v) is 12.4. The Morgan fingerprint density at radius 1 is 1.10 bits per heavy atom. The second-order valence-electron chi connectivity index (χ2n) is 10.1. The van der Waals surface area contributed by atoms with Gasteiger partial charge in [0.2, 0.25) is 11.6 Å². The van der Waals surface area contributed by atoms with Crippen molar-refractivity contribution in [3.8, 4) is 17.3 Å². The van der Waals surface area contributed by atoms with E-state index in [-0.39, 0.29) is 35.0 Å². The van der Waals surface area contributed by atoms with Crippen molar-refractivity contribution in [3.63, 3.8) is 0 Å². The van der Waals surface area contributed by atoms with E-state index in [0.717, 1.165) is 12.1 Å². The third kappa shape index (κ3) is 4.99. The number of anilines is 1. The summed E-state index contributed by atoms with van der Waals surface area (Å²) in [6.45, 7) is 1.69. The van der Waals surface area contributed by atoms with Gasteiger partial charge in [0.05, 0.1) is 34.6 Å². The SMILES string of the molecule is Cc1cc(Oc2c(F)cccc2F)ncc1-n1ncc(C(=O)C2=Cc3cc(F)c(CS(=O)(=O)C4CC4)cc3C2)c1N. The monoisotopic (exact) mass is 580 g/mol. The summed E-state index contributed by atoms with van der Waals surface area (Å²) in [4.78, 5) is 17.5. The van der Waals surface area contributed by atoms with Gasteiger partial charge in [-0.2, -0.15) is 5.10 Å². The molecule has 0 spiro atoms. The topological polar surface area (TPSA) is 117 Å². The van der Waals surface area contributed by atoms with Gasteiger partial charge in [0.15, 0.2) is 27.3 Å². The maximum absolute atomic E-state index is 14.7. The minimum atomic E-state index is -3.41. The number of fused-ring (bicyclic) bond motifs is 1. The van der Waals surface area contributed by atoms with Gasteiger partial charge >= 0.3 is 0 Å². The van der Waals surface area contributed by atoms with Crippen LogP contribution in [0.25, 0.3) is 11.8 Å². The fraction of sp³-hybridized carbons (Fsp3) is 0.207. The molecule has 2 aliphatic rings. The highest BCUT2D eigenvalue weighted by molar-refractivity contribution is 7.91. The van der Waals surface area contributed by atoms with Gasteiger partial charge in [-0.25, -0.2) is 31.3 Å². The number of nitrogen functional groups attached to an aromatic ring is 1. The maximum atomic E-state index is 14.7. The molecule has 2 heterocycles. The van der Waals surface area contributed by atoms with Crippen molar-refractivity contribution in [2.45, 2.75) is 37.2 Å². The lowest BCUT2D eigenvalue weighted by Crippen LogP contribution is -2.11. The molecule has 0 bridgehead atoms. The first-order valence-electron chi connectivity index (χ1n) is 12.7. The Kier molecular flexibility index (Phi) is 6.45. The lowest BCUT2D eigenvalue weighted by Gasteiger charge is -2.11. The lowest BCUT2D eigenvalue weighted by atomic mass is 10.0. The van der Waals surface area contributed by atoms with Crippen LogP contribution in [-0.4, -0.2) is 34.2 Å². The maximum Gasteiger partial charge on any atom is 0.219 e. The van der Waals surface area contributed by atoms with Crippen LogP contribution in [0, 0.1) is 24.4 Å². The number of aromatic nitrogens is 3. The summed E-state index contributed by atoms with van der Waals surface area (Å²) in [5.74, 6) is -3.75. The lowest BCUT2D eigenvalue weighted by molar-refractivity contribution is 0.103. The first-order valence-corrected chi connectivity index (χ1v) is 14.4. The van der Waals surface area contributed by atoms with Crippen LogP contribution in [-0.2, 0) is 22.0 Å². The zero-order valence-electron chi connectivity index (χ0n) is 21.7. The number of pyridine rings is 1. The molecule has 0 unspecified atom stereocenters. The van der Waals surface area contributed by atoms with E-state index >= 15 is 0 Å². The van der Waals surface area contributed by atoms with Crippen LogP contribution in [0.1, 0.15) is 45.5 Å². The molecule has 4 aromatic rings. The standard InChI is InChI=1S/C29H23F3N4O4S/c1-15-7-26(40-28-22(30)3-2-4-23(28)31)34-13-25(15)36-29(33)21(12-35-36)27(37)18-8-16-10-19(24(32)11-17(16)9-18)14-41(38,39)20-5-6-20/h2-4,7,9-13,20H,5-6,8,14,33H2,1H3. The number of aryl methyl sites for hydroxylation is 1. The molecule has 0 atom stereocenters. The molecule has 41 heavy (non-hydrogen) atoms. The number of ketones is 1. The van der Waals surface area contributed by atoms with Crippen molar-refractivity contribution >= 4 is 27.5 Å². The largest absolute Gasteiger partial charge is 0.433 e. The van der Waals surface area contributed by atoms with E-state index in [4.69, 9.17) is 10.5 Å². The number of para-hydroxylation sites is 1. The number of carbonyl (C=O) groups is 1. The number of allylic oxidation sites excluding steroid dienone is 1. The highest BCUT2D eigenvalue weighted by Gasteiger charge is 2.36. The van der Waals surface area contributed by atoms with E-state index in [1.54, 1.807) is 13.0 Å². The Labute approximate surface area is 233 Å². The first-order chi connectivity index (χ1) is 19.5. The number of carbonyl (C=O) groups excluding carboxylic acids is 1. The summed E-state index contributed by atoms with van der Waals surface area (Å²) >= 11 is 0. The van der Waals surface area contributed by atoms with Gasteiger partial charge in [-0.1, -0.05) is 12.1 Å². The molecule has 0 amide bonds. The molecule has 6 rings (SSSR count). The number of Topliss-reactive ketones (excluding diaryl/α,β-unsaturated/α-hetero) is 1. The fourth-order valence-corrected chi connectivity index (χ4v) is 6.56. The first kappa shape index (κ1) is 26.8. The number of nitrogens with two attached hydrogens (primary N) is 1. The van der Waals surface area contributed by atoms with Crippen molar-refractivity contribution in [2.75, 3.05) is 5.73 Å². The van der Waals surface area contributed by atoms with Gasteiger partial charge in [0, 0.05) is 23.6 Å². The summed E-state index contributed by atoms with van der Waals surface area (Å²) in [7, 11) is -3.41. The number of hydrogen-bond acceptors (Lipinski definition) is 7. The molecule has 2 aromatic carbocycles. The minimum absolute atomic E-state index is 0.0352. The number of nitrogens with zero attached hydrogens (tertiary/aromatic N) is 3. The second kappa shape index (κ2) is 9.88. The molecule has 2 aromatic heterocycles. The van der Waals surface area contributed by atoms with Gasteiger partial charge in [-0.15, -0.1) is 0 Å². The molecule has 1 saturated carbocycles. The average Bonchev–Trinajstić information content (AvgIpc) is 3.62. The highest BCUT2D eigenvalue weighted by atomic mass is 32.2. The Balaban J connectivity index is 1.22. The van der Waals surface area contributed by atoms with E-state index in [9.17, 15) is 26.4 Å². The number of hydrogen-bond donors (Lipinski definition) is 1. The predicted octanol–water partition coefficient (Wildman–Crippen LogP) is 5.27. The van der Waals surface area contributed by atoms with E-state index in [1.807, 2.05) is 0 Å². The highest BCUT2D eigenvalue weighted by Crippen LogP contribution is 2.35. The molecule has 0 aliphatic heterocycles. The van der Waals surface area contributed by atoms with Gasteiger partial charge < -0.3 is 10.5 Å². The Morgan fingerprint density at radius 3 is 2.51 bits per heavy atom. The molecule has 0 radical (unpaired) electrons. The number of halogens is 3. The molecule has 1 fully saturated rings. The normalized spacial score (nSPS) is 14.6. The van der Waals surface area contributed by atoms with Crippen molar-refractivity contribution in [1.29, 1.82) is 0 Å². The summed E-state index contributed by atoms with van der Waals surface area (Å²) in [5.41, 5.74) is 9.00. The van der Waals surface area contributed by atoms with Crippen molar-refractivity contribution in [3.05, 3.63) is 99.6 Å². The van der Waals surface area contributed by atoms with E-state index in [2.05, 4.69) is 10.1 Å². The van der Waals surface area contributed by atoms with Crippen LogP contribution >= 0.6 is 0 Å². The van der Waals surface area contributed by atoms with Crippen LogP contribution in [0.4, 0.5) is 19.0 Å². The Hall–Kier alpha value is -4.45. The van der Waals surface area contributed by atoms with Gasteiger partial charge in [0.25, 0.3) is 0 Å². The Bertz CT molecular complexity index is 1860. The van der Waals surface area contributed by atoms with Crippen LogP contribution in [0.15, 0.2) is 54.4 Å². The predicted molar refractivity (Wildman–Crippen MR) is 145 cm³/mol. The van der Waals surface area contributed by atoms with E-state index in [0.29, 0.717) is 40.8 Å². The number of rotatable bonds is 8. The van der Waals surface area contributed by atoms with Crippen molar-refractivity contribution in [1.82, 2.24) is 14.8 Å². The van der Waals surface area contributed by atoms with Crippen LogP contribution in [0.3, 0.4) is 0 Å². The van der Waals surface area contributed by atoms with Gasteiger partial charge in [0.1, 0.15) is 11.6 Å². The molecule has 210 valence electrons. The molecule has 0 saturated heterocycles. The summed E-state index contributed by atoms with van der Waals surface area (Å²) in [6.07, 6.45) is 5.63. The molecular formula is C29H23F3N4O4S.